The summed E-state index contributed by atoms with van der Waals surface area (Å²) in [5.74, 6) is 0. The van der Waals surface area contributed by atoms with E-state index in [2.05, 4.69) is 0 Å². The average Bonchev–Trinajstić information content (AvgIpc) is 1.81. The smallest absolute Gasteiger partial charge is 0.0821 e. The Balaban J connectivity index is 2.13. The molecule has 2 heteroatoms. The van der Waals surface area contributed by atoms with Crippen molar-refractivity contribution in [1.82, 2.24) is 0 Å². The first-order chi connectivity index (χ1) is 5.50. The van der Waals surface area contributed by atoms with E-state index in [1.165, 1.54) is 19.3 Å². The summed E-state index contributed by atoms with van der Waals surface area (Å²) in [6.07, 6.45) is 3.74. The molecule has 1 aliphatic rings. The van der Waals surface area contributed by atoms with Crippen LogP contribution in [-0.2, 0) is 4.74 Å². The molecular formula is C10H20O2. The molecule has 1 N–H and O–H groups in total. The molecule has 2 nitrogen and oxygen atoms in total. The van der Waals surface area contributed by atoms with Crippen molar-refractivity contribution < 1.29 is 9.84 Å². The number of aliphatic hydroxyl groups excluding tert-OH is 1. The van der Waals surface area contributed by atoms with E-state index in [9.17, 15) is 5.11 Å². The minimum atomic E-state index is -0.335. The van der Waals surface area contributed by atoms with Crippen LogP contribution in [0.4, 0.5) is 0 Å². The van der Waals surface area contributed by atoms with Gasteiger partial charge in [0.25, 0.3) is 0 Å². The van der Waals surface area contributed by atoms with E-state index in [4.69, 9.17) is 4.74 Å². The predicted octanol–water partition coefficient (Wildman–Crippen LogP) is 1.96. The van der Waals surface area contributed by atoms with Gasteiger partial charge < -0.3 is 9.84 Å². The molecule has 0 aromatic heterocycles. The Hall–Kier alpha value is -0.0800. The third-order valence-corrected chi connectivity index (χ3v) is 2.54. The van der Waals surface area contributed by atoms with Crippen molar-refractivity contribution in [2.24, 2.45) is 5.41 Å². The zero-order valence-corrected chi connectivity index (χ0v) is 8.34. The highest BCUT2D eigenvalue weighted by Crippen LogP contribution is 2.24. The van der Waals surface area contributed by atoms with Crippen LogP contribution in [0.1, 0.15) is 40.0 Å². The lowest BCUT2D eigenvalue weighted by Gasteiger charge is -2.30. The molecule has 1 rings (SSSR count). The highest BCUT2D eigenvalue weighted by atomic mass is 16.5. The van der Waals surface area contributed by atoms with E-state index in [1.54, 1.807) is 0 Å². The summed E-state index contributed by atoms with van der Waals surface area (Å²) in [5.41, 5.74) is -0.0518. The minimum absolute atomic E-state index is 0.0518. The van der Waals surface area contributed by atoms with Gasteiger partial charge in [-0.25, -0.2) is 0 Å². The molecule has 0 bridgehead atoms. The van der Waals surface area contributed by atoms with Crippen LogP contribution in [0, 0.1) is 5.41 Å². The lowest BCUT2D eigenvalue weighted by molar-refractivity contribution is -0.0717. The van der Waals surface area contributed by atoms with Crippen molar-refractivity contribution in [3.63, 3.8) is 0 Å². The Morgan fingerprint density at radius 2 is 2.00 bits per heavy atom. The molecule has 0 amide bonds. The summed E-state index contributed by atoms with van der Waals surface area (Å²) in [6.45, 7) is 6.58. The van der Waals surface area contributed by atoms with Gasteiger partial charge in [-0.2, -0.15) is 0 Å². The van der Waals surface area contributed by atoms with Gasteiger partial charge in [-0.05, 0) is 24.7 Å². The van der Waals surface area contributed by atoms with Crippen LogP contribution in [0.3, 0.4) is 0 Å². The fourth-order valence-corrected chi connectivity index (χ4v) is 1.01. The van der Waals surface area contributed by atoms with Crippen LogP contribution in [-0.4, -0.2) is 23.9 Å². The molecule has 0 heterocycles. The quantitative estimate of drug-likeness (QED) is 0.705. The van der Waals surface area contributed by atoms with Crippen molar-refractivity contribution in [1.29, 1.82) is 0 Å². The summed E-state index contributed by atoms with van der Waals surface area (Å²) < 4.78 is 5.52. The highest BCUT2D eigenvalue weighted by Gasteiger charge is 2.25. The molecule has 1 saturated carbocycles. The second-order valence-corrected chi connectivity index (χ2v) is 4.77. The van der Waals surface area contributed by atoms with Crippen molar-refractivity contribution >= 4 is 0 Å². The Labute approximate surface area is 74.9 Å². The third-order valence-electron chi connectivity index (χ3n) is 2.54. The SMILES string of the molecule is CC(C)(C)C(O)COC1CCC1. The van der Waals surface area contributed by atoms with E-state index < -0.39 is 0 Å². The molecule has 12 heavy (non-hydrogen) atoms. The maximum Gasteiger partial charge on any atom is 0.0821 e. The molecule has 1 atom stereocenters. The summed E-state index contributed by atoms with van der Waals surface area (Å²) in [4.78, 5) is 0. The summed E-state index contributed by atoms with van der Waals surface area (Å²) in [7, 11) is 0. The standard InChI is InChI=1S/C10H20O2/c1-10(2,3)9(11)7-12-8-5-4-6-8/h8-9,11H,4-7H2,1-3H3. The van der Waals surface area contributed by atoms with Crippen molar-refractivity contribution in [3.05, 3.63) is 0 Å². The summed E-state index contributed by atoms with van der Waals surface area (Å²) >= 11 is 0. The van der Waals surface area contributed by atoms with Crippen molar-refractivity contribution in [3.8, 4) is 0 Å². The number of hydrogen-bond acceptors (Lipinski definition) is 2. The van der Waals surface area contributed by atoms with Gasteiger partial charge in [0.2, 0.25) is 0 Å². The van der Waals surface area contributed by atoms with Crippen molar-refractivity contribution in [2.75, 3.05) is 6.61 Å². The lowest BCUT2D eigenvalue weighted by atomic mass is 9.89. The van der Waals surface area contributed by atoms with E-state index in [0.29, 0.717) is 12.7 Å². The summed E-state index contributed by atoms with van der Waals surface area (Å²) in [6, 6.07) is 0. The van der Waals surface area contributed by atoms with E-state index in [-0.39, 0.29) is 11.5 Å². The molecular weight excluding hydrogens is 152 g/mol. The normalized spacial score (nSPS) is 22.0. The van der Waals surface area contributed by atoms with Crippen LogP contribution in [0.15, 0.2) is 0 Å². The monoisotopic (exact) mass is 172 g/mol. The Bertz CT molecular complexity index is 133. The largest absolute Gasteiger partial charge is 0.390 e. The molecule has 0 aliphatic heterocycles. The molecule has 1 fully saturated rings. The van der Waals surface area contributed by atoms with Gasteiger partial charge in [-0.15, -0.1) is 0 Å². The number of aliphatic hydroxyl groups is 1. The lowest BCUT2D eigenvalue weighted by Crippen LogP contribution is -2.34. The Morgan fingerprint density at radius 1 is 1.42 bits per heavy atom. The maximum absolute atomic E-state index is 9.63. The van der Waals surface area contributed by atoms with E-state index in [0.717, 1.165) is 0 Å². The van der Waals surface area contributed by atoms with Crippen LogP contribution in [0.2, 0.25) is 0 Å². The molecule has 0 aromatic rings. The first-order valence-electron chi connectivity index (χ1n) is 4.80. The molecule has 1 aliphatic carbocycles. The topological polar surface area (TPSA) is 29.5 Å². The van der Waals surface area contributed by atoms with Crippen LogP contribution >= 0.6 is 0 Å². The van der Waals surface area contributed by atoms with Gasteiger partial charge in [0.1, 0.15) is 0 Å². The zero-order valence-electron chi connectivity index (χ0n) is 8.34. The van der Waals surface area contributed by atoms with Crippen LogP contribution < -0.4 is 0 Å². The molecule has 1 unspecified atom stereocenters. The maximum atomic E-state index is 9.63. The molecule has 72 valence electrons. The fourth-order valence-electron chi connectivity index (χ4n) is 1.01. The minimum Gasteiger partial charge on any atom is -0.390 e. The number of ether oxygens (including phenoxy) is 1. The highest BCUT2D eigenvalue weighted by molar-refractivity contribution is 4.75. The molecule has 0 radical (unpaired) electrons. The average molecular weight is 172 g/mol. The van der Waals surface area contributed by atoms with Crippen LogP contribution in [0.5, 0.6) is 0 Å². The third kappa shape index (κ3) is 2.76. The molecule has 0 spiro atoms. The fraction of sp³-hybridized carbons (Fsp3) is 1.00. The van der Waals surface area contributed by atoms with Gasteiger partial charge in [-0.3, -0.25) is 0 Å². The van der Waals surface area contributed by atoms with Gasteiger partial charge >= 0.3 is 0 Å². The first-order valence-corrected chi connectivity index (χ1v) is 4.80. The van der Waals surface area contributed by atoms with Gasteiger partial charge in [0.05, 0.1) is 18.8 Å². The number of hydrogen-bond donors (Lipinski definition) is 1. The van der Waals surface area contributed by atoms with Gasteiger partial charge in [0.15, 0.2) is 0 Å². The zero-order chi connectivity index (χ0) is 9.19. The van der Waals surface area contributed by atoms with Gasteiger partial charge in [0, 0.05) is 0 Å². The second-order valence-electron chi connectivity index (χ2n) is 4.77. The van der Waals surface area contributed by atoms with Crippen molar-refractivity contribution in [2.45, 2.75) is 52.2 Å². The molecule has 0 saturated heterocycles. The van der Waals surface area contributed by atoms with E-state index >= 15 is 0 Å². The summed E-state index contributed by atoms with van der Waals surface area (Å²) in [5, 5.41) is 9.63. The number of rotatable bonds is 3. The van der Waals surface area contributed by atoms with E-state index in [1.807, 2.05) is 20.8 Å². The second kappa shape index (κ2) is 3.75. The Kier molecular flexibility index (Phi) is 3.13. The van der Waals surface area contributed by atoms with Crippen LogP contribution in [0.25, 0.3) is 0 Å². The van der Waals surface area contributed by atoms with Gasteiger partial charge in [-0.1, -0.05) is 20.8 Å². The Morgan fingerprint density at radius 3 is 2.33 bits per heavy atom. The predicted molar refractivity (Wildman–Crippen MR) is 49.1 cm³/mol. The first kappa shape index (κ1) is 10.0. The molecule has 0 aromatic carbocycles.